The van der Waals surface area contributed by atoms with E-state index < -0.39 is 26.0 Å². The number of allylic oxidation sites excluding steroid dienone is 4. The van der Waals surface area contributed by atoms with Crippen LogP contribution in [0.1, 0.15) is 213 Å². The molecule has 0 aliphatic heterocycles. The molecule has 0 bridgehead atoms. The van der Waals surface area contributed by atoms with E-state index in [-0.39, 0.29) is 100 Å². The first-order chi connectivity index (χ1) is 32.8. The number of alkyl halides is 1. The number of carboxylic acids is 1. The normalized spacial score (nSPS) is 51.6. The van der Waals surface area contributed by atoms with E-state index >= 15 is 0 Å². The average Bonchev–Trinajstić information content (AvgIpc) is 3.26. The fourth-order valence-electron chi connectivity index (χ4n) is 20.7. The molecule has 10 rings (SSSR count). The first-order valence-corrected chi connectivity index (χ1v) is 31.5. The van der Waals surface area contributed by atoms with Gasteiger partial charge in [0.2, 0.25) is 14.5 Å². The van der Waals surface area contributed by atoms with Crippen molar-refractivity contribution in [2.45, 2.75) is 224 Å². The summed E-state index contributed by atoms with van der Waals surface area (Å²) < 4.78 is 9.09. The third kappa shape index (κ3) is 8.12. The van der Waals surface area contributed by atoms with Gasteiger partial charge in [0.05, 0.1) is 11.5 Å². The van der Waals surface area contributed by atoms with E-state index in [0.29, 0.717) is 24.0 Å². The third-order valence-electron chi connectivity index (χ3n) is 26.0. The number of ketones is 2. The standard InChI is InChI=1S/C30H44Cl2O2.C30H46O4.Cl2OS/c1-25(2)21-8-11-30(7)23(28(21,5)10-9-22(25)31)20(33)16-18-19-17-27(4,24(32)34)13-12-26(19,3)14-15-29(18,30)6;1-25(2)21-8-11-30(7)23(28(21,5)10-9-22(25)32)20(31)16-18-19-17-27(4,24(33)34)13-12-26(19,3)14-15-29(18,30)6;1-4(2)3/h16,19,21-23H,8-15,17H2,1-7H3;16,19,21-23,32H,8-15,17H2,1-7H3,(H,33,34);/t2*19-,21?,22-,23?,26+,27-,28-,29+,30+;/m00./s1. The number of hydrogen-bond donors (Lipinski definition) is 2. The van der Waals surface area contributed by atoms with Crippen molar-refractivity contribution in [2.24, 2.45) is 100 Å². The van der Waals surface area contributed by atoms with Crippen LogP contribution in [-0.4, -0.2) is 48.7 Å². The number of aliphatic hydroxyl groups excluding tert-OH is 1. The Bertz CT molecular complexity index is 2210. The van der Waals surface area contributed by atoms with Crippen LogP contribution in [0.5, 0.6) is 0 Å². The second-order valence-corrected chi connectivity index (χ2v) is 33.4. The molecule has 10 aliphatic rings. The molecule has 2 N–H and O–H groups in total. The van der Waals surface area contributed by atoms with Crippen LogP contribution in [0.15, 0.2) is 23.3 Å². The minimum Gasteiger partial charge on any atom is -0.481 e. The van der Waals surface area contributed by atoms with E-state index in [2.05, 4.69) is 111 Å². The SMILES string of the molecule is CC1(C)C2CC[C@]3(C)C(C(=O)C=C4[C@@H]5C[C@@](C)(C(=O)Cl)CC[C@]5(C)CC[C@]43C)[C@@]2(C)CC[C@@H]1Cl.CC1(C)C2CC[C@]3(C)C(C(=O)C=C4[C@@H]5C[C@@](C)(C(=O)O)CC[C@]5(C)CC[C@]43C)[C@@]2(C)CC[C@@H]1O.O=S(Cl)Cl. The summed E-state index contributed by atoms with van der Waals surface area (Å²) in [6.07, 6.45) is 21.3. The fraction of sp³-hybridized carbons (Fsp3) is 0.867. The largest absolute Gasteiger partial charge is 0.481 e. The molecule has 12 heteroatoms. The maximum Gasteiger partial charge on any atom is 0.309 e. The Morgan fingerprint density at radius 2 is 0.931 bits per heavy atom. The molecule has 8 fully saturated rings. The summed E-state index contributed by atoms with van der Waals surface area (Å²) in [6.45, 7) is 32.3. The zero-order valence-corrected chi connectivity index (χ0v) is 50.2. The molecule has 0 spiro atoms. The highest BCUT2D eigenvalue weighted by molar-refractivity contribution is 8.26. The van der Waals surface area contributed by atoms with E-state index in [4.69, 9.17) is 27.4 Å². The van der Waals surface area contributed by atoms with Crippen LogP contribution in [0.4, 0.5) is 0 Å². The van der Waals surface area contributed by atoms with Crippen molar-refractivity contribution in [3.05, 3.63) is 23.3 Å². The van der Waals surface area contributed by atoms with Crippen molar-refractivity contribution in [2.75, 3.05) is 0 Å². The quantitative estimate of drug-likeness (QED) is 0.208. The molecule has 8 saturated carbocycles. The highest BCUT2D eigenvalue weighted by Gasteiger charge is 2.72. The second kappa shape index (κ2) is 18.1. The Morgan fingerprint density at radius 1 is 0.556 bits per heavy atom. The molecule has 4 unspecified atom stereocenters. The van der Waals surface area contributed by atoms with E-state index in [0.717, 1.165) is 103 Å². The molecule has 10 aliphatic carbocycles. The van der Waals surface area contributed by atoms with Gasteiger partial charge in [-0.25, -0.2) is 4.21 Å². The minimum absolute atomic E-state index is 0.0146. The number of carboxylic acid groups (broad SMARTS) is 1. The maximum absolute atomic E-state index is 14.3. The summed E-state index contributed by atoms with van der Waals surface area (Å²) in [5.41, 5.74) is 1.10. The van der Waals surface area contributed by atoms with Gasteiger partial charge in [-0.15, -0.1) is 11.6 Å². The summed E-state index contributed by atoms with van der Waals surface area (Å²) in [6, 6.07) is 0. The Labute approximate surface area is 455 Å². The summed E-state index contributed by atoms with van der Waals surface area (Å²) in [4.78, 5) is 53.1. The Balaban J connectivity index is 0.000000179. The van der Waals surface area contributed by atoms with Crippen molar-refractivity contribution < 1.29 is 33.6 Å². The second-order valence-electron chi connectivity index (χ2n) is 30.0. The van der Waals surface area contributed by atoms with Crippen LogP contribution in [-0.2, 0) is 28.4 Å². The average molecular weight is 1100 g/mol. The van der Waals surface area contributed by atoms with Gasteiger partial charge in [-0.05, 0) is 224 Å². The summed E-state index contributed by atoms with van der Waals surface area (Å²) in [7, 11) is 7.36. The molecular weight excluding hydrogens is 1010 g/mol. The molecule has 406 valence electrons. The number of carbonyl (C=O) groups excluding carboxylic acids is 3. The smallest absolute Gasteiger partial charge is 0.309 e. The van der Waals surface area contributed by atoms with E-state index in [1.165, 1.54) is 17.6 Å². The van der Waals surface area contributed by atoms with Gasteiger partial charge in [-0.3, -0.25) is 19.2 Å². The molecule has 0 aromatic carbocycles. The predicted octanol–water partition coefficient (Wildman–Crippen LogP) is 15.8. The Kier molecular flexibility index (Phi) is 14.5. The van der Waals surface area contributed by atoms with Crippen LogP contribution in [0.3, 0.4) is 0 Å². The van der Waals surface area contributed by atoms with E-state index in [9.17, 15) is 29.4 Å². The molecular formula is C60H90Cl4O7S. The molecule has 72 heavy (non-hydrogen) atoms. The van der Waals surface area contributed by atoms with Gasteiger partial charge in [-0.2, -0.15) is 0 Å². The van der Waals surface area contributed by atoms with E-state index in [1.807, 2.05) is 19.9 Å². The number of fused-ring (bicyclic) bond motifs is 14. The lowest BCUT2D eigenvalue weighted by atomic mass is 9.33. The third-order valence-corrected chi connectivity index (χ3v) is 27.3. The Hall–Kier alpha value is -0.770. The highest BCUT2D eigenvalue weighted by atomic mass is 36.0. The molecule has 18 atom stereocenters. The molecule has 0 saturated heterocycles. The first-order valence-electron chi connectivity index (χ1n) is 27.9. The molecule has 7 nitrogen and oxygen atoms in total. The lowest BCUT2D eigenvalue weighted by molar-refractivity contribution is -0.202. The zero-order valence-electron chi connectivity index (χ0n) is 46.4. The van der Waals surface area contributed by atoms with Crippen molar-refractivity contribution in [3.63, 3.8) is 0 Å². The van der Waals surface area contributed by atoms with Crippen molar-refractivity contribution >= 4 is 76.6 Å². The van der Waals surface area contributed by atoms with Gasteiger partial charge in [0.1, 0.15) is 0 Å². The van der Waals surface area contributed by atoms with Crippen LogP contribution in [0.2, 0.25) is 0 Å². The zero-order chi connectivity index (χ0) is 53.8. The number of rotatable bonds is 2. The van der Waals surface area contributed by atoms with Crippen LogP contribution < -0.4 is 0 Å². The summed E-state index contributed by atoms with van der Waals surface area (Å²) in [5.74, 6) is 1.18. The molecule has 0 heterocycles. The number of aliphatic hydroxyl groups is 1. The number of carbonyl (C=O) groups is 4. The molecule has 0 aromatic heterocycles. The van der Waals surface area contributed by atoms with Gasteiger partial charge in [0.15, 0.2) is 11.6 Å². The van der Waals surface area contributed by atoms with Gasteiger partial charge in [-0.1, -0.05) is 101 Å². The van der Waals surface area contributed by atoms with Crippen LogP contribution >= 0.6 is 44.6 Å². The summed E-state index contributed by atoms with van der Waals surface area (Å²) in [5, 5.41) is 20.9. The maximum atomic E-state index is 14.3. The monoisotopic (exact) mass is 1090 g/mol. The molecule has 0 radical (unpaired) electrons. The minimum atomic E-state index is -1.67. The first kappa shape index (κ1) is 57.4. The van der Waals surface area contributed by atoms with Gasteiger partial charge in [0.25, 0.3) is 0 Å². The molecule has 0 aromatic rings. The van der Waals surface area contributed by atoms with Crippen LogP contribution in [0.25, 0.3) is 0 Å². The number of aliphatic carboxylic acids is 1. The van der Waals surface area contributed by atoms with Crippen LogP contribution in [0, 0.1) is 100 Å². The van der Waals surface area contributed by atoms with Crippen molar-refractivity contribution in [1.82, 2.24) is 0 Å². The van der Waals surface area contributed by atoms with Gasteiger partial charge in [0, 0.05) is 44.0 Å². The number of hydrogen-bond acceptors (Lipinski definition) is 6. The predicted molar refractivity (Wildman–Crippen MR) is 293 cm³/mol. The lowest BCUT2D eigenvalue weighted by Crippen LogP contribution is -2.66. The van der Waals surface area contributed by atoms with Gasteiger partial charge >= 0.3 is 5.97 Å². The van der Waals surface area contributed by atoms with Gasteiger partial charge < -0.3 is 10.2 Å². The summed E-state index contributed by atoms with van der Waals surface area (Å²) >= 11 is 13.0. The number of halogens is 4. The topological polar surface area (TPSA) is 126 Å². The lowest BCUT2D eigenvalue weighted by Gasteiger charge is -2.70. The van der Waals surface area contributed by atoms with Crippen molar-refractivity contribution in [3.8, 4) is 0 Å². The molecule has 0 amide bonds. The van der Waals surface area contributed by atoms with Crippen molar-refractivity contribution in [1.29, 1.82) is 0 Å². The highest BCUT2D eigenvalue weighted by Crippen LogP contribution is 2.77. The van der Waals surface area contributed by atoms with E-state index in [1.54, 1.807) is 0 Å². The fourth-order valence-corrected chi connectivity index (χ4v) is 21.1. The Morgan fingerprint density at radius 3 is 1.35 bits per heavy atom.